The average Bonchev–Trinajstić information content (AvgIpc) is 2.77. The van der Waals surface area contributed by atoms with Crippen LogP contribution < -0.4 is 19.5 Å². The zero-order valence-electron chi connectivity index (χ0n) is 16.5. The first-order valence-electron chi connectivity index (χ1n) is 8.95. The highest BCUT2D eigenvalue weighted by molar-refractivity contribution is 6.09. The summed E-state index contributed by atoms with van der Waals surface area (Å²) < 4.78 is 16.0. The number of amides is 1. The minimum absolute atomic E-state index is 0.322. The van der Waals surface area contributed by atoms with E-state index < -0.39 is 0 Å². The summed E-state index contributed by atoms with van der Waals surface area (Å²) >= 11 is 0. The standard InChI is InChI=1S/C23H22N2O4/c1-27-18-11-8-16(9-12-18)7-10-17-14-19(28-2)15-20(29-3)22(17)23(26)25-21-6-4-5-13-24-21/h4-15H,1-3H3,(H,24,25,26)/b10-7+. The number of benzene rings is 2. The lowest BCUT2D eigenvalue weighted by Crippen LogP contribution is -2.15. The number of nitrogens with zero attached hydrogens (tertiary/aromatic N) is 1. The van der Waals surface area contributed by atoms with Crippen LogP contribution in [0.15, 0.2) is 60.8 Å². The minimum Gasteiger partial charge on any atom is -0.497 e. The highest BCUT2D eigenvalue weighted by Gasteiger charge is 2.18. The molecular formula is C23H22N2O4. The Morgan fingerprint density at radius 3 is 2.28 bits per heavy atom. The number of rotatable bonds is 7. The zero-order valence-corrected chi connectivity index (χ0v) is 16.5. The third-order valence-electron chi connectivity index (χ3n) is 4.27. The lowest BCUT2D eigenvalue weighted by Gasteiger charge is -2.14. The summed E-state index contributed by atoms with van der Waals surface area (Å²) in [6.07, 6.45) is 5.37. The molecule has 0 unspecified atom stereocenters. The molecule has 1 amide bonds. The predicted molar refractivity (Wildman–Crippen MR) is 114 cm³/mol. The van der Waals surface area contributed by atoms with E-state index >= 15 is 0 Å². The second-order valence-electron chi connectivity index (χ2n) is 6.07. The molecule has 1 heterocycles. The van der Waals surface area contributed by atoms with Crippen molar-refractivity contribution in [1.29, 1.82) is 0 Å². The van der Waals surface area contributed by atoms with E-state index in [0.717, 1.165) is 11.3 Å². The Morgan fingerprint density at radius 2 is 1.66 bits per heavy atom. The summed E-state index contributed by atoms with van der Waals surface area (Å²) in [4.78, 5) is 17.1. The van der Waals surface area contributed by atoms with Crippen molar-refractivity contribution in [2.24, 2.45) is 0 Å². The largest absolute Gasteiger partial charge is 0.497 e. The van der Waals surface area contributed by atoms with Gasteiger partial charge in [-0.3, -0.25) is 4.79 Å². The Labute approximate surface area is 169 Å². The molecule has 2 aromatic carbocycles. The van der Waals surface area contributed by atoms with E-state index in [1.807, 2.05) is 36.4 Å². The van der Waals surface area contributed by atoms with Gasteiger partial charge in [-0.1, -0.05) is 30.4 Å². The Kier molecular flexibility index (Phi) is 6.47. The van der Waals surface area contributed by atoms with Crippen molar-refractivity contribution in [3.05, 3.63) is 77.5 Å². The molecule has 0 fully saturated rings. The fourth-order valence-electron chi connectivity index (χ4n) is 2.78. The quantitative estimate of drug-likeness (QED) is 0.600. The van der Waals surface area contributed by atoms with Crippen molar-refractivity contribution in [2.45, 2.75) is 0 Å². The van der Waals surface area contributed by atoms with Gasteiger partial charge in [-0.15, -0.1) is 0 Å². The van der Waals surface area contributed by atoms with Crippen LogP contribution >= 0.6 is 0 Å². The molecule has 1 aromatic heterocycles. The van der Waals surface area contributed by atoms with Crippen LogP contribution in [0, 0.1) is 0 Å². The van der Waals surface area contributed by atoms with E-state index in [1.54, 1.807) is 50.7 Å². The number of carbonyl (C=O) groups excluding carboxylic acids is 1. The smallest absolute Gasteiger partial charge is 0.261 e. The van der Waals surface area contributed by atoms with Crippen LogP contribution in [-0.4, -0.2) is 32.2 Å². The molecule has 0 saturated carbocycles. The maximum Gasteiger partial charge on any atom is 0.261 e. The van der Waals surface area contributed by atoms with Gasteiger partial charge in [0.25, 0.3) is 5.91 Å². The van der Waals surface area contributed by atoms with Crippen LogP contribution in [0.5, 0.6) is 17.2 Å². The molecule has 0 aliphatic heterocycles. The van der Waals surface area contributed by atoms with Crippen LogP contribution in [0.3, 0.4) is 0 Å². The number of carbonyl (C=O) groups is 1. The Balaban J connectivity index is 1.99. The Bertz CT molecular complexity index is 999. The van der Waals surface area contributed by atoms with E-state index in [9.17, 15) is 4.79 Å². The van der Waals surface area contributed by atoms with Crippen molar-refractivity contribution in [3.8, 4) is 17.2 Å². The molecule has 1 N–H and O–H groups in total. The first-order chi connectivity index (χ1) is 14.1. The monoisotopic (exact) mass is 390 g/mol. The van der Waals surface area contributed by atoms with Gasteiger partial charge < -0.3 is 19.5 Å². The van der Waals surface area contributed by atoms with Crippen molar-refractivity contribution >= 4 is 23.9 Å². The van der Waals surface area contributed by atoms with E-state index in [-0.39, 0.29) is 5.91 Å². The molecule has 0 aliphatic carbocycles. The topological polar surface area (TPSA) is 69.7 Å². The molecule has 0 spiro atoms. The number of nitrogens with one attached hydrogen (secondary N) is 1. The normalized spacial score (nSPS) is 10.6. The van der Waals surface area contributed by atoms with Crippen LogP contribution in [0.4, 0.5) is 5.82 Å². The fraction of sp³-hybridized carbons (Fsp3) is 0.130. The average molecular weight is 390 g/mol. The van der Waals surface area contributed by atoms with Crippen LogP contribution in [0.2, 0.25) is 0 Å². The number of pyridine rings is 1. The van der Waals surface area contributed by atoms with Crippen LogP contribution in [-0.2, 0) is 0 Å². The van der Waals surface area contributed by atoms with Gasteiger partial charge >= 0.3 is 0 Å². The van der Waals surface area contributed by atoms with Gasteiger partial charge in [0, 0.05) is 12.3 Å². The van der Waals surface area contributed by atoms with Gasteiger partial charge in [0.15, 0.2) is 0 Å². The molecule has 6 nitrogen and oxygen atoms in total. The molecule has 0 radical (unpaired) electrons. The number of hydrogen-bond donors (Lipinski definition) is 1. The van der Waals surface area contributed by atoms with E-state index in [2.05, 4.69) is 10.3 Å². The SMILES string of the molecule is COc1ccc(/C=C/c2cc(OC)cc(OC)c2C(=O)Nc2ccccn2)cc1. The zero-order chi connectivity index (χ0) is 20.6. The molecule has 6 heteroatoms. The van der Waals surface area contributed by atoms with Crippen molar-refractivity contribution < 1.29 is 19.0 Å². The molecule has 0 bridgehead atoms. The summed E-state index contributed by atoms with van der Waals surface area (Å²) in [7, 11) is 4.71. The second kappa shape index (κ2) is 9.41. The van der Waals surface area contributed by atoms with Crippen molar-refractivity contribution in [2.75, 3.05) is 26.6 Å². The number of methoxy groups -OCH3 is 3. The molecule has 29 heavy (non-hydrogen) atoms. The van der Waals surface area contributed by atoms with Crippen LogP contribution in [0.25, 0.3) is 12.2 Å². The second-order valence-corrected chi connectivity index (χ2v) is 6.07. The first-order valence-corrected chi connectivity index (χ1v) is 8.95. The minimum atomic E-state index is -0.322. The van der Waals surface area contributed by atoms with Gasteiger partial charge in [-0.2, -0.15) is 0 Å². The lowest BCUT2D eigenvalue weighted by atomic mass is 10.0. The third-order valence-corrected chi connectivity index (χ3v) is 4.27. The van der Waals surface area contributed by atoms with Gasteiger partial charge in [0.05, 0.1) is 26.9 Å². The maximum atomic E-state index is 13.0. The fourth-order valence-corrected chi connectivity index (χ4v) is 2.78. The predicted octanol–water partition coefficient (Wildman–Crippen LogP) is 4.53. The summed E-state index contributed by atoms with van der Waals surface area (Å²) in [6.45, 7) is 0. The number of hydrogen-bond acceptors (Lipinski definition) is 5. The molecule has 148 valence electrons. The van der Waals surface area contributed by atoms with Crippen molar-refractivity contribution in [3.63, 3.8) is 0 Å². The highest BCUT2D eigenvalue weighted by Crippen LogP contribution is 2.31. The maximum absolute atomic E-state index is 13.0. The van der Waals surface area contributed by atoms with E-state index in [4.69, 9.17) is 14.2 Å². The van der Waals surface area contributed by atoms with E-state index in [0.29, 0.717) is 28.4 Å². The molecule has 3 rings (SSSR count). The Morgan fingerprint density at radius 1 is 0.897 bits per heavy atom. The summed E-state index contributed by atoms with van der Waals surface area (Å²) in [5.74, 6) is 1.91. The number of aromatic nitrogens is 1. The third kappa shape index (κ3) is 4.93. The molecule has 0 aliphatic rings. The molecule has 0 saturated heterocycles. The number of anilines is 1. The lowest BCUT2D eigenvalue weighted by molar-refractivity contribution is 0.102. The molecular weight excluding hydrogens is 368 g/mol. The highest BCUT2D eigenvalue weighted by atomic mass is 16.5. The van der Waals surface area contributed by atoms with Gasteiger partial charge in [-0.05, 0) is 41.5 Å². The van der Waals surface area contributed by atoms with Crippen molar-refractivity contribution in [1.82, 2.24) is 4.98 Å². The van der Waals surface area contributed by atoms with Gasteiger partial charge in [-0.25, -0.2) is 4.98 Å². The first kappa shape index (κ1) is 19.9. The molecule has 0 atom stereocenters. The van der Waals surface area contributed by atoms with Gasteiger partial charge in [0.1, 0.15) is 23.1 Å². The number of ether oxygens (including phenoxy) is 3. The van der Waals surface area contributed by atoms with Gasteiger partial charge in [0.2, 0.25) is 0 Å². The van der Waals surface area contributed by atoms with Crippen LogP contribution in [0.1, 0.15) is 21.5 Å². The summed E-state index contributed by atoms with van der Waals surface area (Å²) in [6, 6.07) is 16.4. The molecule has 3 aromatic rings. The summed E-state index contributed by atoms with van der Waals surface area (Å²) in [5, 5.41) is 2.80. The van der Waals surface area contributed by atoms with E-state index in [1.165, 1.54) is 7.11 Å². The summed E-state index contributed by atoms with van der Waals surface area (Å²) in [5.41, 5.74) is 2.01. The Hall–Kier alpha value is -3.80.